The molecule has 1 aliphatic rings. The largest absolute Gasteiger partial charge is 0.390 e. The van der Waals surface area contributed by atoms with Crippen LogP contribution in [0.15, 0.2) is 65.6 Å². The molecule has 0 amide bonds. The van der Waals surface area contributed by atoms with Gasteiger partial charge in [-0.1, -0.05) is 40.9 Å². The molecule has 0 radical (unpaired) electrons. The summed E-state index contributed by atoms with van der Waals surface area (Å²) in [6.45, 7) is 2.88. The maximum absolute atomic E-state index is 13.6. The minimum Gasteiger partial charge on any atom is -0.390 e. The van der Waals surface area contributed by atoms with E-state index in [1.165, 1.54) is 4.31 Å². The molecule has 1 saturated heterocycles. The molecular formula is C27H28Cl2N2O4S. The van der Waals surface area contributed by atoms with E-state index >= 15 is 0 Å². The molecule has 4 aromatic rings. The zero-order valence-corrected chi connectivity index (χ0v) is 22.2. The van der Waals surface area contributed by atoms with Crippen molar-refractivity contribution in [3.05, 3.63) is 76.3 Å². The Hall–Kier alpha value is -2.13. The van der Waals surface area contributed by atoms with Crippen molar-refractivity contribution in [2.24, 2.45) is 0 Å². The Kier molecular flexibility index (Phi) is 7.32. The number of fused-ring (bicyclic) bond motifs is 3. The average Bonchev–Trinajstić information content (AvgIpc) is 3.45. The highest BCUT2D eigenvalue weighted by Crippen LogP contribution is 2.33. The molecule has 1 aromatic heterocycles. The zero-order valence-electron chi connectivity index (χ0n) is 19.9. The molecule has 0 bridgehead atoms. The van der Waals surface area contributed by atoms with Crippen LogP contribution in [0.5, 0.6) is 0 Å². The molecule has 0 spiro atoms. The van der Waals surface area contributed by atoms with Gasteiger partial charge in [0.1, 0.15) is 0 Å². The van der Waals surface area contributed by atoms with Crippen LogP contribution >= 0.6 is 23.2 Å². The van der Waals surface area contributed by atoms with E-state index in [0.29, 0.717) is 16.7 Å². The van der Waals surface area contributed by atoms with Crippen LogP contribution in [0.3, 0.4) is 0 Å². The number of aryl methyl sites for hydroxylation is 1. The summed E-state index contributed by atoms with van der Waals surface area (Å²) in [5.74, 6) is 0. The van der Waals surface area contributed by atoms with Gasteiger partial charge in [-0.05, 0) is 68.3 Å². The monoisotopic (exact) mass is 546 g/mol. The summed E-state index contributed by atoms with van der Waals surface area (Å²) in [6.07, 6.45) is 0.550. The third kappa shape index (κ3) is 5.14. The van der Waals surface area contributed by atoms with E-state index in [0.717, 1.165) is 40.2 Å². The quantitative estimate of drug-likeness (QED) is 0.310. The van der Waals surface area contributed by atoms with Crippen LogP contribution in [-0.2, 0) is 21.3 Å². The lowest BCUT2D eigenvalue weighted by Crippen LogP contribution is -2.43. The molecule has 0 unspecified atom stereocenters. The Labute approximate surface area is 221 Å². The number of hydrogen-bond donors (Lipinski definition) is 1. The van der Waals surface area contributed by atoms with Crippen molar-refractivity contribution < 1.29 is 18.3 Å². The first-order valence-corrected chi connectivity index (χ1v) is 14.2. The van der Waals surface area contributed by atoms with Gasteiger partial charge in [0, 0.05) is 51.5 Å². The number of nitrogens with zero attached hydrogens (tertiary/aromatic N) is 2. The molecule has 0 aliphatic carbocycles. The van der Waals surface area contributed by atoms with Crippen molar-refractivity contribution in [3.8, 4) is 0 Å². The normalized spacial score (nSPS) is 17.4. The number of sulfonamides is 1. The zero-order chi connectivity index (χ0) is 25.4. The highest BCUT2D eigenvalue weighted by molar-refractivity contribution is 7.89. The SMILES string of the molecule is Cc1ccc(S(=O)(=O)N(C[C@H](O)Cn2c3ccc(Cl)cc3c3cc(Cl)ccc32)C[C@@H]2CCCO2)cc1. The second-order valence-electron chi connectivity index (χ2n) is 9.36. The lowest BCUT2D eigenvalue weighted by atomic mass is 10.1. The number of rotatable bonds is 8. The van der Waals surface area contributed by atoms with Gasteiger partial charge in [-0.3, -0.25) is 0 Å². The minimum absolute atomic E-state index is 0.0571. The third-order valence-electron chi connectivity index (χ3n) is 6.69. The van der Waals surface area contributed by atoms with Crippen molar-refractivity contribution in [2.45, 2.75) is 43.4 Å². The van der Waals surface area contributed by atoms with Gasteiger partial charge in [0.2, 0.25) is 10.0 Å². The van der Waals surface area contributed by atoms with E-state index in [4.69, 9.17) is 27.9 Å². The maximum Gasteiger partial charge on any atom is 0.243 e. The lowest BCUT2D eigenvalue weighted by molar-refractivity contribution is 0.0751. The van der Waals surface area contributed by atoms with Crippen LogP contribution < -0.4 is 0 Å². The van der Waals surface area contributed by atoms with E-state index in [2.05, 4.69) is 0 Å². The van der Waals surface area contributed by atoms with Crippen LogP contribution in [0.1, 0.15) is 18.4 Å². The number of aliphatic hydroxyl groups excluding tert-OH is 1. The van der Waals surface area contributed by atoms with Gasteiger partial charge < -0.3 is 14.4 Å². The van der Waals surface area contributed by atoms with Crippen LogP contribution in [0.4, 0.5) is 0 Å². The first-order chi connectivity index (χ1) is 17.2. The van der Waals surface area contributed by atoms with Crippen LogP contribution in [0.25, 0.3) is 21.8 Å². The van der Waals surface area contributed by atoms with Crippen molar-refractivity contribution in [3.63, 3.8) is 0 Å². The summed E-state index contributed by atoms with van der Waals surface area (Å²) in [5, 5.41) is 14.3. The summed E-state index contributed by atoms with van der Waals surface area (Å²) in [5.41, 5.74) is 2.76. The molecule has 2 atom stereocenters. The number of halogens is 2. The lowest BCUT2D eigenvalue weighted by Gasteiger charge is -2.27. The van der Waals surface area contributed by atoms with E-state index in [-0.39, 0.29) is 30.6 Å². The van der Waals surface area contributed by atoms with Crippen LogP contribution in [0, 0.1) is 6.92 Å². The summed E-state index contributed by atoms with van der Waals surface area (Å²) in [4.78, 5) is 0.208. The Morgan fingerprint density at radius 1 is 1.03 bits per heavy atom. The fourth-order valence-electron chi connectivity index (χ4n) is 4.89. The van der Waals surface area contributed by atoms with Gasteiger partial charge in [-0.25, -0.2) is 8.42 Å². The number of hydrogen-bond acceptors (Lipinski definition) is 4. The standard InChI is InChI=1S/C27H28Cl2N2O4S/c1-18-4-8-23(9-5-18)36(33,34)30(17-22-3-2-12-35-22)15-21(32)16-31-26-10-6-19(28)13-24(26)25-14-20(29)7-11-27(25)31/h4-11,13-14,21-22,32H,2-3,12,15-17H2,1H3/t21-,22-/m0/s1. The summed E-state index contributed by atoms with van der Waals surface area (Å²) < 4.78 is 36.3. The molecule has 36 heavy (non-hydrogen) atoms. The maximum atomic E-state index is 13.6. The molecule has 0 saturated carbocycles. The number of aromatic nitrogens is 1. The van der Waals surface area contributed by atoms with E-state index in [1.54, 1.807) is 36.4 Å². The molecular weight excluding hydrogens is 519 g/mol. The van der Waals surface area contributed by atoms with Gasteiger partial charge in [0.15, 0.2) is 0 Å². The second kappa shape index (κ2) is 10.3. The van der Waals surface area contributed by atoms with Crippen LogP contribution in [-0.4, -0.2) is 54.3 Å². The Balaban J connectivity index is 1.47. The molecule has 190 valence electrons. The molecule has 2 heterocycles. The summed E-state index contributed by atoms with van der Waals surface area (Å²) >= 11 is 12.5. The Bertz CT molecular complexity index is 1440. The highest BCUT2D eigenvalue weighted by Gasteiger charge is 2.31. The third-order valence-corrected chi connectivity index (χ3v) is 9.00. The van der Waals surface area contributed by atoms with Gasteiger partial charge in [-0.2, -0.15) is 4.31 Å². The molecule has 5 rings (SSSR count). The fourth-order valence-corrected chi connectivity index (χ4v) is 6.75. The number of aliphatic hydroxyl groups is 1. The van der Waals surface area contributed by atoms with Crippen molar-refractivity contribution in [1.82, 2.24) is 8.87 Å². The first-order valence-electron chi connectivity index (χ1n) is 12.0. The van der Waals surface area contributed by atoms with E-state index in [1.807, 2.05) is 35.8 Å². The molecule has 3 aromatic carbocycles. The first kappa shape index (κ1) is 25.5. The molecule has 9 heteroatoms. The smallest absolute Gasteiger partial charge is 0.243 e. The van der Waals surface area contributed by atoms with Gasteiger partial charge >= 0.3 is 0 Å². The van der Waals surface area contributed by atoms with Crippen molar-refractivity contribution in [2.75, 3.05) is 19.7 Å². The second-order valence-corrected chi connectivity index (χ2v) is 12.2. The number of ether oxygens (including phenoxy) is 1. The van der Waals surface area contributed by atoms with E-state index in [9.17, 15) is 13.5 Å². The van der Waals surface area contributed by atoms with E-state index < -0.39 is 16.1 Å². The fraction of sp³-hybridized carbons (Fsp3) is 0.333. The van der Waals surface area contributed by atoms with Crippen molar-refractivity contribution in [1.29, 1.82) is 0 Å². The summed E-state index contributed by atoms with van der Waals surface area (Å²) in [6, 6.07) is 18.0. The van der Waals surface area contributed by atoms with Gasteiger partial charge in [0.25, 0.3) is 0 Å². The Morgan fingerprint density at radius 3 is 2.19 bits per heavy atom. The predicted octanol–water partition coefficient (Wildman–Crippen LogP) is 5.64. The molecule has 1 fully saturated rings. The number of benzene rings is 3. The van der Waals surface area contributed by atoms with Gasteiger partial charge in [0.05, 0.1) is 23.6 Å². The van der Waals surface area contributed by atoms with Crippen LogP contribution in [0.2, 0.25) is 10.0 Å². The highest BCUT2D eigenvalue weighted by atomic mass is 35.5. The van der Waals surface area contributed by atoms with Crippen molar-refractivity contribution >= 4 is 55.0 Å². The topological polar surface area (TPSA) is 71.8 Å². The van der Waals surface area contributed by atoms with Gasteiger partial charge in [-0.15, -0.1) is 0 Å². The molecule has 1 N–H and O–H groups in total. The Morgan fingerprint density at radius 2 is 1.64 bits per heavy atom. The molecule has 1 aliphatic heterocycles. The average molecular weight is 548 g/mol. The predicted molar refractivity (Wildman–Crippen MR) is 144 cm³/mol. The minimum atomic E-state index is -3.83. The molecule has 6 nitrogen and oxygen atoms in total. The summed E-state index contributed by atoms with van der Waals surface area (Å²) in [7, 11) is -3.83.